The molecule has 6 heteroatoms. The second kappa shape index (κ2) is 5.29. The molecule has 0 amide bonds. The maximum absolute atomic E-state index is 13.0. The monoisotopic (exact) mass is 314 g/mol. The summed E-state index contributed by atoms with van der Waals surface area (Å²) in [6.07, 6.45) is -4.51. The van der Waals surface area contributed by atoms with Gasteiger partial charge >= 0.3 is 6.18 Å². The highest BCUT2D eigenvalue weighted by molar-refractivity contribution is 5.82. The Hall–Kier alpha value is -3.07. The fraction of sp³-hybridized carbons (Fsp3) is 0.0588. The van der Waals surface area contributed by atoms with Crippen molar-refractivity contribution in [1.82, 2.24) is 4.57 Å². The van der Waals surface area contributed by atoms with E-state index in [1.54, 1.807) is 36.4 Å². The number of halogens is 3. The Bertz CT molecular complexity index is 983. The predicted molar refractivity (Wildman–Crippen MR) is 79.3 cm³/mol. The van der Waals surface area contributed by atoms with E-state index in [4.69, 9.17) is 5.26 Å². The zero-order valence-corrected chi connectivity index (χ0v) is 11.6. The van der Waals surface area contributed by atoms with Crippen LogP contribution >= 0.6 is 0 Å². The highest BCUT2D eigenvalue weighted by Crippen LogP contribution is 2.31. The number of rotatable bonds is 1. The molecule has 0 saturated heterocycles. The number of aromatic nitrogens is 1. The van der Waals surface area contributed by atoms with Gasteiger partial charge in [-0.3, -0.25) is 9.36 Å². The van der Waals surface area contributed by atoms with Crippen LogP contribution in [0.2, 0.25) is 0 Å². The maximum Gasteiger partial charge on any atom is 0.416 e. The van der Waals surface area contributed by atoms with Crippen molar-refractivity contribution in [3.63, 3.8) is 0 Å². The molecule has 0 bridgehead atoms. The third kappa shape index (κ3) is 2.57. The molecule has 0 saturated carbocycles. The Morgan fingerprint density at radius 1 is 1.00 bits per heavy atom. The molecule has 0 atom stereocenters. The quantitative estimate of drug-likeness (QED) is 0.684. The van der Waals surface area contributed by atoms with Crippen LogP contribution in [0, 0.1) is 11.3 Å². The summed E-state index contributed by atoms with van der Waals surface area (Å²) in [4.78, 5) is 12.4. The predicted octanol–water partition coefficient (Wildman–Crippen LogP) is 3.88. The summed E-state index contributed by atoms with van der Waals surface area (Å²) in [6.45, 7) is 0. The fourth-order valence-corrected chi connectivity index (χ4v) is 2.40. The summed E-state index contributed by atoms with van der Waals surface area (Å²) in [5, 5.41) is 9.48. The first-order valence-electron chi connectivity index (χ1n) is 6.64. The van der Waals surface area contributed by atoms with E-state index in [-0.39, 0.29) is 11.1 Å². The van der Waals surface area contributed by atoms with E-state index in [0.717, 1.165) is 16.7 Å². The summed E-state index contributed by atoms with van der Waals surface area (Å²) in [5.41, 5.74) is -1.11. The topological polar surface area (TPSA) is 45.8 Å². The second-order valence-electron chi connectivity index (χ2n) is 4.92. The Morgan fingerprint density at radius 3 is 2.30 bits per heavy atom. The normalized spacial score (nSPS) is 11.4. The number of hydrogen-bond donors (Lipinski definition) is 0. The minimum atomic E-state index is -4.51. The first-order valence-corrected chi connectivity index (χ1v) is 6.64. The molecule has 3 rings (SSSR count). The van der Waals surface area contributed by atoms with Crippen molar-refractivity contribution in [2.45, 2.75) is 6.18 Å². The molecule has 23 heavy (non-hydrogen) atoms. The molecule has 3 aromatic rings. The van der Waals surface area contributed by atoms with Gasteiger partial charge in [0.15, 0.2) is 0 Å². The van der Waals surface area contributed by atoms with Crippen molar-refractivity contribution in [2.24, 2.45) is 0 Å². The van der Waals surface area contributed by atoms with Gasteiger partial charge in [0.1, 0.15) is 11.6 Å². The lowest BCUT2D eigenvalue weighted by atomic mass is 10.1. The van der Waals surface area contributed by atoms with Crippen molar-refractivity contribution >= 4 is 10.9 Å². The number of nitriles is 1. The highest BCUT2D eigenvalue weighted by Gasteiger charge is 2.31. The van der Waals surface area contributed by atoms with Gasteiger partial charge < -0.3 is 0 Å². The van der Waals surface area contributed by atoms with E-state index in [1.165, 1.54) is 12.1 Å². The van der Waals surface area contributed by atoms with E-state index in [9.17, 15) is 18.0 Å². The van der Waals surface area contributed by atoms with Crippen molar-refractivity contribution in [3.05, 3.63) is 76.1 Å². The van der Waals surface area contributed by atoms with Crippen LogP contribution in [0.15, 0.2) is 59.4 Å². The number of benzene rings is 2. The fourth-order valence-electron chi connectivity index (χ4n) is 2.40. The van der Waals surface area contributed by atoms with E-state index in [1.807, 2.05) is 0 Å². The molecule has 1 aromatic heterocycles. The van der Waals surface area contributed by atoms with Crippen LogP contribution in [0.3, 0.4) is 0 Å². The first-order chi connectivity index (χ1) is 10.9. The Labute approximate surface area is 128 Å². The van der Waals surface area contributed by atoms with Crippen molar-refractivity contribution in [3.8, 4) is 11.8 Å². The van der Waals surface area contributed by atoms with Gasteiger partial charge in [-0.2, -0.15) is 18.4 Å². The summed E-state index contributed by atoms with van der Waals surface area (Å²) in [7, 11) is 0. The van der Waals surface area contributed by atoms with Crippen LogP contribution in [0.1, 0.15) is 11.1 Å². The molecule has 0 N–H and O–H groups in total. The van der Waals surface area contributed by atoms with Crippen LogP contribution in [-0.2, 0) is 6.18 Å². The van der Waals surface area contributed by atoms with Gasteiger partial charge in [0.05, 0.1) is 11.1 Å². The molecule has 114 valence electrons. The Balaban J connectivity index is 2.45. The van der Waals surface area contributed by atoms with Crippen LogP contribution in [0.5, 0.6) is 0 Å². The minimum Gasteiger partial charge on any atom is -0.276 e. The molecule has 1 heterocycles. The number of fused-ring (bicyclic) bond motifs is 1. The molecule has 0 aliphatic carbocycles. The van der Waals surface area contributed by atoms with Gasteiger partial charge in [-0.15, -0.1) is 0 Å². The van der Waals surface area contributed by atoms with Crippen LogP contribution in [-0.4, -0.2) is 4.57 Å². The van der Waals surface area contributed by atoms with Gasteiger partial charge in [-0.05, 0) is 30.3 Å². The standard InChI is InChI=1S/C17H9F3N2O/c18-17(19,20)13-7-6-11-8-12(10-21)16(23)22(15(11)9-13)14-4-2-1-3-5-14/h1-9H. The molecule has 0 fully saturated rings. The lowest BCUT2D eigenvalue weighted by molar-refractivity contribution is -0.137. The van der Waals surface area contributed by atoms with E-state index >= 15 is 0 Å². The van der Waals surface area contributed by atoms with Crippen LogP contribution < -0.4 is 5.56 Å². The van der Waals surface area contributed by atoms with Crippen molar-refractivity contribution < 1.29 is 13.2 Å². The lowest BCUT2D eigenvalue weighted by Gasteiger charge is -2.13. The zero-order chi connectivity index (χ0) is 16.6. The van der Waals surface area contributed by atoms with Gasteiger partial charge in [-0.1, -0.05) is 24.3 Å². The Kier molecular flexibility index (Phi) is 3.41. The molecular weight excluding hydrogens is 305 g/mol. The highest BCUT2D eigenvalue weighted by atomic mass is 19.4. The molecular formula is C17H9F3N2O. The first kappa shape index (κ1) is 14.9. The number of alkyl halides is 3. The van der Waals surface area contributed by atoms with Crippen LogP contribution in [0.25, 0.3) is 16.6 Å². The number of hydrogen-bond acceptors (Lipinski definition) is 2. The van der Waals surface area contributed by atoms with Crippen molar-refractivity contribution in [1.29, 1.82) is 5.26 Å². The summed E-state index contributed by atoms with van der Waals surface area (Å²) in [5.74, 6) is 0. The maximum atomic E-state index is 13.0. The average molecular weight is 314 g/mol. The number of pyridine rings is 1. The van der Waals surface area contributed by atoms with Gasteiger partial charge in [0, 0.05) is 11.1 Å². The molecule has 3 nitrogen and oxygen atoms in total. The van der Waals surface area contributed by atoms with Gasteiger partial charge in [0.25, 0.3) is 5.56 Å². The smallest absolute Gasteiger partial charge is 0.276 e. The van der Waals surface area contributed by atoms with Gasteiger partial charge in [-0.25, -0.2) is 0 Å². The third-order valence-electron chi connectivity index (χ3n) is 3.47. The number of para-hydroxylation sites is 1. The average Bonchev–Trinajstić information content (AvgIpc) is 2.53. The summed E-state index contributed by atoms with van der Waals surface area (Å²) in [6, 6.07) is 14.5. The Morgan fingerprint density at radius 2 is 1.70 bits per heavy atom. The van der Waals surface area contributed by atoms with Gasteiger partial charge in [0.2, 0.25) is 0 Å². The number of nitrogens with zero attached hydrogens (tertiary/aromatic N) is 2. The second-order valence-corrected chi connectivity index (χ2v) is 4.92. The largest absolute Gasteiger partial charge is 0.416 e. The van der Waals surface area contributed by atoms with Crippen molar-refractivity contribution in [2.75, 3.05) is 0 Å². The molecule has 0 unspecified atom stereocenters. The van der Waals surface area contributed by atoms with Crippen LogP contribution in [0.4, 0.5) is 13.2 Å². The minimum absolute atomic E-state index is 0.107. The van der Waals surface area contributed by atoms with E-state index in [2.05, 4.69) is 0 Å². The molecule has 0 aliphatic heterocycles. The SMILES string of the molecule is N#Cc1cc2ccc(C(F)(F)F)cc2n(-c2ccccc2)c1=O. The molecule has 0 spiro atoms. The molecule has 0 radical (unpaired) electrons. The summed E-state index contributed by atoms with van der Waals surface area (Å²) >= 11 is 0. The summed E-state index contributed by atoms with van der Waals surface area (Å²) < 4.78 is 40.0. The lowest BCUT2D eigenvalue weighted by Crippen LogP contribution is -2.21. The molecule has 0 aliphatic rings. The molecule has 2 aromatic carbocycles. The third-order valence-corrected chi connectivity index (χ3v) is 3.47. The van der Waals surface area contributed by atoms with E-state index in [0.29, 0.717) is 11.1 Å². The zero-order valence-electron chi connectivity index (χ0n) is 11.6. The van der Waals surface area contributed by atoms with E-state index < -0.39 is 17.3 Å².